The Morgan fingerprint density at radius 3 is 3.06 bits per heavy atom. The van der Waals surface area contributed by atoms with E-state index in [0.717, 1.165) is 6.42 Å². The molecule has 1 aromatic heterocycles. The molecule has 0 fully saturated rings. The molecule has 3 rings (SSSR count). The number of para-hydroxylation sites is 1. The Balaban J connectivity index is 2.31. The van der Waals surface area contributed by atoms with Gasteiger partial charge in [-0.15, -0.1) is 0 Å². The van der Waals surface area contributed by atoms with Gasteiger partial charge in [-0.25, -0.2) is 0 Å². The van der Waals surface area contributed by atoms with Crippen LogP contribution in [-0.4, -0.2) is 10.4 Å². The number of carbonyl (C=O) groups is 1. The summed E-state index contributed by atoms with van der Waals surface area (Å²) in [6, 6.07) is 8.49. The molecule has 1 aliphatic heterocycles. The lowest BCUT2D eigenvalue weighted by Gasteiger charge is -2.12. The first-order valence-electron chi connectivity index (χ1n) is 5.89. The van der Waals surface area contributed by atoms with Gasteiger partial charge in [-0.2, -0.15) is 0 Å². The molecule has 2 nitrogen and oxygen atoms in total. The quantitative estimate of drug-likeness (QED) is 0.713. The van der Waals surface area contributed by atoms with Crippen LogP contribution in [0.5, 0.6) is 0 Å². The molecule has 2 heteroatoms. The highest BCUT2D eigenvalue weighted by molar-refractivity contribution is 5.89. The van der Waals surface area contributed by atoms with Crippen LogP contribution in [0.15, 0.2) is 30.5 Å². The maximum absolute atomic E-state index is 11.8. The SMILES string of the molecule is CCC1CC(=O)Cn2ccc3cccc1c32. The zero-order valence-electron chi connectivity index (χ0n) is 9.44. The second kappa shape index (κ2) is 3.48. The number of Topliss-reactive ketones (excluding diaryl/α,β-unsaturated/α-hetero) is 1. The van der Waals surface area contributed by atoms with Gasteiger partial charge in [0, 0.05) is 12.6 Å². The van der Waals surface area contributed by atoms with Crippen molar-refractivity contribution in [3.8, 4) is 0 Å². The molecule has 0 amide bonds. The van der Waals surface area contributed by atoms with Gasteiger partial charge in [0.25, 0.3) is 0 Å². The Bertz CT molecular complexity index is 553. The Morgan fingerprint density at radius 2 is 2.25 bits per heavy atom. The molecule has 0 saturated carbocycles. The van der Waals surface area contributed by atoms with Crippen molar-refractivity contribution in [1.29, 1.82) is 0 Å². The van der Waals surface area contributed by atoms with Crippen LogP contribution in [0.3, 0.4) is 0 Å². The number of hydrogen-bond donors (Lipinski definition) is 0. The Labute approximate surface area is 94.9 Å². The van der Waals surface area contributed by atoms with E-state index in [0.29, 0.717) is 24.7 Å². The molecule has 2 heterocycles. The van der Waals surface area contributed by atoms with Gasteiger partial charge in [0.15, 0.2) is 5.78 Å². The third-order valence-electron chi connectivity index (χ3n) is 3.57. The minimum absolute atomic E-state index is 0.348. The Hall–Kier alpha value is -1.57. The number of nitrogens with zero attached hydrogens (tertiary/aromatic N) is 1. The summed E-state index contributed by atoms with van der Waals surface area (Å²) in [6.07, 6.45) is 3.76. The maximum Gasteiger partial charge on any atom is 0.153 e. The van der Waals surface area contributed by atoms with Crippen LogP contribution >= 0.6 is 0 Å². The van der Waals surface area contributed by atoms with Gasteiger partial charge in [0.2, 0.25) is 0 Å². The summed E-state index contributed by atoms with van der Waals surface area (Å²) in [7, 11) is 0. The first-order chi connectivity index (χ1) is 7.79. The van der Waals surface area contributed by atoms with Gasteiger partial charge in [0.05, 0.1) is 12.1 Å². The average molecular weight is 213 g/mol. The zero-order chi connectivity index (χ0) is 11.1. The van der Waals surface area contributed by atoms with Crippen molar-refractivity contribution < 1.29 is 4.79 Å². The normalized spacial score (nSPS) is 20.1. The van der Waals surface area contributed by atoms with Gasteiger partial charge in [-0.05, 0) is 29.4 Å². The van der Waals surface area contributed by atoms with Crippen LogP contribution in [0.25, 0.3) is 10.9 Å². The van der Waals surface area contributed by atoms with Gasteiger partial charge in [-0.1, -0.05) is 25.1 Å². The second-order valence-electron chi connectivity index (χ2n) is 4.58. The monoisotopic (exact) mass is 213 g/mol. The summed E-state index contributed by atoms with van der Waals surface area (Å²) in [5.41, 5.74) is 2.61. The zero-order valence-corrected chi connectivity index (χ0v) is 9.44. The molecule has 0 radical (unpaired) electrons. The molecule has 1 atom stereocenters. The minimum Gasteiger partial charge on any atom is -0.340 e. The van der Waals surface area contributed by atoms with Crippen molar-refractivity contribution >= 4 is 16.7 Å². The van der Waals surface area contributed by atoms with Gasteiger partial charge < -0.3 is 4.57 Å². The number of rotatable bonds is 1. The molecule has 0 aliphatic carbocycles. The molecular formula is C14H15NO. The first kappa shape index (κ1) is 9.64. The van der Waals surface area contributed by atoms with E-state index < -0.39 is 0 Å². The predicted molar refractivity (Wildman–Crippen MR) is 64.6 cm³/mol. The lowest BCUT2D eigenvalue weighted by Crippen LogP contribution is -2.08. The van der Waals surface area contributed by atoms with Crippen molar-refractivity contribution in [3.05, 3.63) is 36.0 Å². The van der Waals surface area contributed by atoms with Gasteiger partial charge >= 0.3 is 0 Å². The maximum atomic E-state index is 11.8. The van der Waals surface area contributed by atoms with E-state index in [-0.39, 0.29) is 0 Å². The molecule has 82 valence electrons. The highest BCUT2D eigenvalue weighted by Crippen LogP contribution is 2.33. The average Bonchev–Trinajstić information content (AvgIpc) is 2.62. The summed E-state index contributed by atoms with van der Waals surface area (Å²) in [5.74, 6) is 0.743. The molecule has 0 N–H and O–H groups in total. The number of aromatic nitrogens is 1. The number of benzene rings is 1. The molecule has 1 unspecified atom stereocenters. The van der Waals surface area contributed by atoms with Crippen LogP contribution in [-0.2, 0) is 11.3 Å². The van der Waals surface area contributed by atoms with E-state index in [1.54, 1.807) is 0 Å². The van der Waals surface area contributed by atoms with E-state index in [9.17, 15) is 4.79 Å². The van der Waals surface area contributed by atoms with Crippen LogP contribution in [0, 0.1) is 0 Å². The van der Waals surface area contributed by atoms with Crippen molar-refractivity contribution in [1.82, 2.24) is 4.57 Å². The first-order valence-corrected chi connectivity index (χ1v) is 5.89. The molecule has 1 aliphatic rings. The largest absolute Gasteiger partial charge is 0.340 e. The summed E-state index contributed by atoms with van der Waals surface area (Å²) in [5, 5.41) is 1.26. The number of hydrogen-bond acceptors (Lipinski definition) is 1. The highest BCUT2D eigenvalue weighted by Gasteiger charge is 2.22. The van der Waals surface area contributed by atoms with Crippen molar-refractivity contribution in [3.63, 3.8) is 0 Å². The Morgan fingerprint density at radius 1 is 1.38 bits per heavy atom. The molecule has 0 spiro atoms. The van der Waals surface area contributed by atoms with Crippen LogP contribution < -0.4 is 0 Å². The smallest absolute Gasteiger partial charge is 0.153 e. The van der Waals surface area contributed by atoms with Crippen molar-refractivity contribution in [2.24, 2.45) is 0 Å². The number of carbonyl (C=O) groups excluding carboxylic acids is 1. The second-order valence-corrected chi connectivity index (χ2v) is 4.58. The molecule has 16 heavy (non-hydrogen) atoms. The highest BCUT2D eigenvalue weighted by atomic mass is 16.1. The lowest BCUT2D eigenvalue weighted by atomic mass is 9.91. The fourth-order valence-corrected chi connectivity index (χ4v) is 2.76. The minimum atomic E-state index is 0.348. The molecule has 0 bridgehead atoms. The predicted octanol–water partition coefficient (Wildman–Crippen LogP) is 3.11. The van der Waals surface area contributed by atoms with E-state index in [1.165, 1.54) is 16.5 Å². The van der Waals surface area contributed by atoms with Crippen molar-refractivity contribution in [2.45, 2.75) is 32.2 Å². The van der Waals surface area contributed by atoms with Crippen LogP contribution in [0.1, 0.15) is 31.2 Å². The van der Waals surface area contributed by atoms with E-state index in [1.807, 2.05) is 6.20 Å². The summed E-state index contributed by atoms with van der Waals surface area (Å²) in [6.45, 7) is 2.70. The Kier molecular flexibility index (Phi) is 2.10. The third kappa shape index (κ3) is 1.29. The van der Waals surface area contributed by atoms with Crippen LogP contribution in [0.2, 0.25) is 0 Å². The summed E-state index contributed by atoms with van der Waals surface area (Å²) in [4.78, 5) is 11.8. The number of ketones is 1. The fraction of sp³-hybridized carbons (Fsp3) is 0.357. The van der Waals surface area contributed by atoms with E-state index >= 15 is 0 Å². The summed E-state index contributed by atoms with van der Waals surface area (Å²) < 4.78 is 2.10. The lowest BCUT2D eigenvalue weighted by molar-refractivity contribution is -0.119. The standard InChI is InChI=1S/C14H15NO/c1-2-10-8-12(16)9-15-7-6-11-4-3-5-13(10)14(11)15/h3-7,10H,2,8-9H2,1H3. The van der Waals surface area contributed by atoms with Gasteiger partial charge in [-0.3, -0.25) is 4.79 Å². The topological polar surface area (TPSA) is 22.0 Å². The molecule has 1 aromatic carbocycles. The molecule has 2 aromatic rings. The fourth-order valence-electron chi connectivity index (χ4n) is 2.76. The van der Waals surface area contributed by atoms with Crippen molar-refractivity contribution in [2.75, 3.05) is 0 Å². The van der Waals surface area contributed by atoms with Gasteiger partial charge in [0.1, 0.15) is 0 Å². The third-order valence-corrected chi connectivity index (χ3v) is 3.57. The van der Waals surface area contributed by atoms with E-state index in [4.69, 9.17) is 0 Å². The summed E-state index contributed by atoms with van der Waals surface area (Å²) >= 11 is 0. The molecule has 0 saturated heterocycles. The van der Waals surface area contributed by atoms with E-state index in [2.05, 4.69) is 35.8 Å². The molecular weight excluding hydrogens is 198 g/mol. The van der Waals surface area contributed by atoms with Crippen LogP contribution in [0.4, 0.5) is 0 Å².